The van der Waals surface area contributed by atoms with Crippen molar-refractivity contribution in [2.24, 2.45) is 13.0 Å². The third-order valence-electron chi connectivity index (χ3n) is 2.68. The van der Waals surface area contributed by atoms with Crippen LogP contribution in [0.2, 0.25) is 0 Å². The minimum absolute atomic E-state index is 0.873. The van der Waals surface area contributed by atoms with Gasteiger partial charge in [0.2, 0.25) is 0 Å². The molecule has 0 radical (unpaired) electrons. The summed E-state index contributed by atoms with van der Waals surface area (Å²) in [6.07, 6.45) is 6.50. The molecule has 0 saturated carbocycles. The third kappa shape index (κ3) is 2.51. The Hall–Kier alpha value is -0.480. The fourth-order valence-corrected chi connectivity index (χ4v) is 2.85. The second-order valence-corrected chi connectivity index (χ2v) is 4.81. The zero-order chi connectivity index (χ0) is 9.80. The van der Waals surface area contributed by atoms with Crippen LogP contribution in [0.4, 0.5) is 0 Å². The van der Waals surface area contributed by atoms with Crippen molar-refractivity contribution in [1.82, 2.24) is 14.9 Å². The number of nitrogens with zero attached hydrogens (tertiary/aromatic N) is 2. The molecule has 78 valence electrons. The van der Waals surface area contributed by atoms with Crippen LogP contribution < -0.4 is 5.32 Å². The van der Waals surface area contributed by atoms with E-state index in [0.717, 1.165) is 11.1 Å². The molecule has 4 heteroatoms. The zero-order valence-electron chi connectivity index (χ0n) is 8.57. The van der Waals surface area contributed by atoms with E-state index in [2.05, 4.69) is 21.9 Å². The van der Waals surface area contributed by atoms with Gasteiger partial charge in [0.25, 0.3) is 0 Å². The second-order valence-electron chi connectivity index (χ2n) is 3.83. The van der Waals surface area contributed by atoms with Crippen LogP contribution in [0, 0.1) is 5.92 Å². The molecule has 1 aliphatic heterocycles. The average molecular weight is 211 g/mol. The van der Waals surface area contributed by atoms with Crippen LogP contribution in [0.15, 0.2) is 17.6 Å². The number of piperidine rings is 1. The Balaban J connectivity index is 1.79. The molecule has 1 aromatic rings. The molecule has 1 fully saturated rings. The molecule has 0 unspecified atom stereocenters. The van der Waals surface area contributed by atoms with E-state index < -0.39 is 0 Å². The monoisotopic (exact) mass is 211 g/mol. The maximum Gasteiger partial charge on any atom is 0.167 e. The van der Waals surface area contributed by atoms with E-state index in [9.17, 15) is 0 Å². The molecular formula is C10H17N3S. The first kappa shape index (κ1) is 10.1. The first-order chi connectivity index (χ1) is 6.86. The minimum atomic E-state index is 0.873. The van der Waals surface area contributed by atoms with Gasteiger partial charge in [0.1, 0.15) is 0 Å². The van der Waals surface area contributed by atoms with Crippen molar-refractivity contribution >= 4 is 11.8 Å². The van der Waals surface area contributed by atoms with Gasteiger partial charge < -0.3 is 9.88 Å². The SMILES string of the molecule is Cn1ccnc1SCC1CCNCC1. The van der Waals surface area contributed by atoms with Crippen LogP contribution in [-0.4, -0.2) is 28.4 Å². The molecule has 0 amide bonds. The maximum absolute atomic E-state index is 4.31. The number of nitrogens with one attached hydrogen (secondary N) is 1. The lowest BCUT2D eigenvalue weighted by molar-refractivity contribution is 0.407. The molecule has 0 spiro atoms. The predicted molar refractivity (Wildman–Crippen MR) is 59.5 cm³/mol. The van der Waals surface area contributed by atoms with Crippen molar-refractivity contribution in [1.29, 1.82) is 0 Å². The quantitative estimate of drug-likeness (QED) is 0.769. The van der Waals surface area contributed by atoms with Crippen LogP contribution >= 0.6 is 11.8 Å². The topological polar surface area (TPSA) is 29.9 Å². The molecule has 2 rings (SSSR count). The highest BCUT2D eigenvalue weighted by atomic mass is 32.2. The largest absolute Gasteiger partial charge is 0.329 e. The van der Waals surface area contributed by atoms with Gasteiger partial charge in [-0.05, 0) is 31.8 Å². The van der Waals surface area contributed by atoms with Gasteiger partial charge in [0.15, 0.2) is 5.16 Å². The number of hydrogen-bond donors (Lipinski definition) is 1. The highest BCUT2D eigenvalue weighted by Crippen LogP contribution is 2.22. The molecular weight excluding hydrogens is 194 g/mol. The van der Waals surface area contributed by atoms with E-state index in [0.29, 0.717) is 0 Å². The second kappa shape index (κ2) is 4.84. The van der Waals surface area contributed by atoms with E-state index in [1.54, 1.807) is 0 Å². The van der Waals surface area contributed by atoms with Gasteiger partial charge in [-0.2, -0.15) is 0 Å². The molecule has 3 nitrogen and oxygen atoms in total. The highest BCUT2D eigenvalue weighted by Gasteiger charge is 2.13. The van der Waals surface area contributed by atoms with Crippen molar-refractivity contribution in [3.63, 3.8) is 0 Å². The minimum Gasteiger partial charge on any atom is -0.329 e. The number of hydrogen-bond acceptors (Lipinski definition) is 3. The summed E-state index contributed by atoms with van der Waals surface area (Å²) >= 11 is 1.88. The molecule has 14 heavy (non-hydrogen) atoms. The van der Waals surface area contributed by atoms with Gasteiger partial charge in [0.05, 0.1) is 0 Å². The van der Waals surface area contributed by atoms with Crippen molar-refractivity contribution in [3.05, 3.63) is 12.4 Å². The smallest absolute Gasteiger partial charge is 0.167 e. The predicted octanol–water partition coefficient (Wildman–Crippen LogP) is 1.51. The highest BCUT2D eigenvalue weighted by molar-refractivity contribution is 7.99. The van der Waals surface area contributed by atoms with Crippen molar-refractivity contribution in [2.75, 3.05) is 18.8 Å². The number of aromatic nitrogens is 2. The van der Waals surface area contributed by atoms with Crippen molar-refractivity contribution < 1.29 is 0 Å². The van der Waals surface area contributed by atoms with Gasteiger partial charge in [-0.3, -0.25) is 0 Å². The Kier molecular flexibility index (Phi) is 3.48. The molecule has 0 bridgehead atoms. The van der Waals surface area contributed by atoms with Gasteiger partial charge in [-0.1, -0.05) is 11.8 Å². The Labute approximate surface area is 89.3 Å². The summed E-state index contributed by atoms with van der Waals surface area (Å²) in [5.41, 5.74) is 0. The molecule has 0 aliphatic carbocycles. The Morgan fingerprint density at radius 3 is 3.00 bits per heavy atom. The van der Waals surface area contributed by atoms with Crippen LogP contribution in [0.5, 0.6) is 0 Å². The normalized spacial score (nSPS) is 18.6. The van der Waals surface area contributed by atoms with Crippen LogP contribution in [0.3, 0.4) is 0 Å². The van der Waals surface area contributed by atoms with E-state index in [1.165, 1.54) is 31.7 Å². The average Bonchev–Trinajstić information content (AvgIpc) is 2.63. The van der Waals surface area contributed by atoms with Gasteiger partial charge in [0, 0.05) is 25.2 Å². The van der Waals surface area contributed by atoms with Crippen LogP contribution in [-0.2, 0) is 7.05 Å². The summed E-state index contributed by atoms with van der Waals surface area (Å²) in [7, 11) is 2.05. The Bertz CT molecular complexity index is 279. The van der Waals surface area contributed by atoms with E-state index in [-0.39, 0.29) is 0 Å². The fourth-order valence-electron chi connectivity index (χ4n) is 1.73. The summed E-state index contributed by atoms with van der Waals surface area (Å²) in [5, 5.41) is 4.53. The Morgan fingerprint density at radius 2 is 2.36 bits per heavy atom. The third-order valence-corrected chi connectivity index (χ3v) is 3.97. The first-order valence-electron chi connectivity index (χ1n) is 5.17. The van der Waals surface area contributed by atoms with Crippen molar-refractivity contribution in [2.45, 2.75) is 18.0 Å². The number of imidazole rings is 1. The Morgan fingerprint density at radius 1 is 1.57 bits per heavy atom. The van der Waals surface area contributed by atoms with E-state index in [1.807, 2.05) is 24.2 Å². The molecule has 1 aliphatic rings. The lowest BCUT2D eigenvalue weighted by atomic mass is 10.0. The molecule has 0 aromatic carbocycles. The van der Waals surface area contributed by atoms with Crippen LogP contribution in [0.25, 0.3) is 0 Å². The number of aryl methyl sites for hydroxylation is 1. The van der Waals surface area contributed by atoms with Crippen LogP contribution in [0.1, 0.15) is 12.8 Å². The summed E-state index contributed by atoms with van der Waals surface area (Å²) < 4.78 is 2.09. The molecule has 1 saturated heterocycles. The van der Waals surface area contributed by atoms with Gasteiger partial charge >= 0.3 is 0 Å². The van der Waals surface area contributed by atoms with Crippen molar-refractivity contribution in [3.8, 4) is 0 Å². The molecule has 1 aromatic heterocycles. The zero-order valence-corrected chi connectivity index (χ0v) is 9.39. The van der Waals surface area contributed by atoms with E-state index >= 15 is 0 Å². The lowest BCUT2D eigenvalue weighted by Gasteiger charge is -2.21. The maximum atomic E-state index is 4.31. The number of thioether (sulfide) groups is 1. The molecule has 2 heterocycles. The van der Waals surface area contributed by atoms with Gasteiger partial charge in [-0.15, -0.1) is 0 Å². The molecule has 0 atom stereocenters. The summed E-state index contributed by atoms with van der Waals surface area (Å²) in [5.74, 6) is 2.09. The first-order valence-corrected chi connectivity index (χ1v) is 6.15. The standard InChI is InChI=1S/C10H17N3S/c1-13-7-6-12-10(13)14-8-9-2-4-11-5-3-9/h6-7,9,11H,2-5,8H2,1H3. The summed E-state index contributed by atoms with van der Waals surface area (Å²) in [4.78, 5) is 4.31. The van der Waals surface area contributed by atoms with Gasteiger partial charge in [-0.25, -0.2) is 4.98 Å². The summed E-state index contributed by atoms with van der Waals surface area (Å²) in [6, 6.07) is 0. The van der Waals surface area contributed by atoms with E-state index in [4.69, 9.17) is 0 Å². The number of rotatable bonds is 3. The fraction of sp³-hybridized carbons (Fsp3) is 0.700. The summed E-state index contributed by atoms with van der Waals surface area (Å²) in [6.45, 7) is 2.37. The molecule has 1 N–H and O–H groups in total. The lowest BCUT2D eigenvalue weighted by Crippen LogP contribution is -2.28.